The second-order valence-electron chi connectivity index (χ2n) is 6.28. The molecule has 0 aliphatic rings. The summed E-state index contributed by atoms with van der Waals surface area (Å²) in [5.41, 5.74) is 8.02. The molecule has 0 spiro atoms. The molecule has 1 atom stereocenters. The van der Waals surface area contributed by atoms with Crippen LogP contribution in [0, 0.1) is 6.92 Å². The first-order valence-electron chi connectivity index (χ1n) is 8.41. The molecule has 0 fully saturated rings. The zero-order chi connectivity index (χ0) is 18.7. The minimum Gasteiger partial charge on any atom is -0.351 e. The highest BCUT2D eigenvalue weighted by Gasteiger charge is 2.16. The van der Waals surface area contributed by atoms with Crippen molar-refractivity contribution in [2.45, 2.75) is 19.9 Å². The molecule has 4 N–H and O–H groups in total. The van der Waals surface area contributed by atoms with Gasteiger partial charge in [-0.25, -0.2) is 4.79 Å². The quantitative estimate of drug-likeness (QED) is 0.663. The Morgan fingerprint density at radius 2 is 1.73 bits per heavy atom. The number of aryl methyl sites for hydroxylation is 1. The van der Waals surface area contributed by atoms with Crippen LogP contribution in [0.3, 0.4) is 0 Å². The summed E-state index contributed by atoms with van der Waals surface area (Å²) in [7, 11) is 0. The Hall–Kier alpha value is -3.34. The zero-order valence-corrected chi connectivity index (χ0v) is 14.7. The van der Waals surface area contributed by atoms with E-state index in [1.54, 1.807) is 18.2 Å². The summed E-state index contributed by atoms with van der Waals surface area (Å²) in [4.78, 5) is 23.8. The molecule has 0 saturated carbocycles. The normalized spacial score (nSPS) is 11.8. The van der Waals surface area contributed by atoms with Crippen molar-refractivity contribution in [2.24, 2.45) is 5.73 Å². The van der Waals surface area contributed by atoms with Gasteiger partial charge in [0.2, 0.25) is 0 Å². The summed E-state index contributed by atoms with van der Waals surface area (Å²) < 4.78 is 0. The van der Waals surface area contributed by atoms with Crippen LogP contribution in [-0.2, 0) is 0 Å². The maximum atomic E-state index is 12.8. The molecule has 0 aliphatic heterocycles. The van der Waals surface area contributed by atoms with E-state index in [2.05, 4.69) is 28.8 Å². The van der Waals surface area contributed by atoms with Gasteiger partial charge in [-0.2, -0.15) is 0 Å². The number of primary amides is 1. The van der Waals surface area contributed by atoms with Crippen molar-refractivity contribution in [3.8, 4) is 0 Å². The Morgan fingerprint density at radius 1 is 1.00 bits per heavy atom. The van der Waals surface area contributed by atoms with Gasteiger partial charge in [-0.15, -0.1) is 0 Å². The van der Waals surface area contributed by atoms with E-state index in [0.29, 0.717) is 11.3 Å². The maximum Gasteiger partial charge on any atom is 0.316 e. The molecule has 3 aromatic rings. The second kappa shape index (κ2) is 7.27. The lowest BCUT2D eigenvalue weighted by molar-refractivity contribution is 0.0939. The van der Waals surface area contributed by atoms with Gasteiger partial charge in [0.05, 0.1) is 6.04 Å². The fourth-order valence-electron chi connectivity index (χ4n) is 3.07. The summed E-state index contributed by atoms with van der Waals surface area (Å²) in [5, 5.41) is 7.79. The van der Waals surface area contributed by atoms with Gasteiger partial charge in [0.1, 0.15) is 0 Å². The number of carbonyl (C=O) groups is 2. The largest absolute Gasteiger partial charge is 0.351 e. The number of carbonyl (C=O) groups excluding carboxylic acids is 2. The van der Waals surface area contributed by atoms with E-state index in [-0.39, 0.29) is 11.9 Å². The van der Waals surface area contributed by atoms with Crippen LogP contribution in [0.2, 0.25) is 0 Å². The van der Waals surface area contributed by atoms with Crippen molar-refractivity contribution >= 4 is 28.4 Å². The van der Waals surface area contributed by atoms with Gasteiger partial charge in [-0.05, 0) is 47.9 Å². The van der Waals surface area contributed by atoms with Crippen LogP contribution in [0.5, 0.6) is 0 Å². The average molecular weight is 347 g/mol. The third kappa shape index (κ3) is 3.67. The molecule has 3 amide bonds. The van der Waals surface area contributed by atoms with E-state index in [0.717, 1.165) is 21.9 Å². The maximum absolute atomic E-state index is 12.8. The number of rotatable bonds is 4. The molecule has 0 unspecified atom stereocenters. The number of nitrogens with one attached hydrogen (secondary N) is 2. The standard InChI is InChI=1S/C21H21N3O2/c1-13-10-11-16(24-21(22)26)12-19(13)20(25)23-14(2)17-9-5-7-15-6-3-4-8-18(15)17/h3-12,14H,1-2H3,(H,23,25)(H3,22,24,26)/t14-/m1/s1. The molecule has 0 radical (unpaired) electrons. The van der Waals surface area contributed by atoms with Gasteiger partial charge in [-0.3, -0.25) is 4.79 Å². The van der Waals surface area contributed by atoms with Crippen molar-refractivity contribution in [3.63, 3.8) is 0 Å². The fourth-order valence-corrected chi connectivity index (χ4v) is 3.07. The van der Waals surface area contributed by atoms with Crippen LogP contribution < -0.4 is 16.4 Å². The lowest BCUT2D eigenvalue weighted by Gasteiger charge is -2.18. The predicted octanol–water partition coefficient (Wildman–Crippen LogP) is 4.13. The van der Waals surface area contributed by atoms with Gasteiger partial charge in [-0.1, -0.05) is 48.5 Å². The van der Waals surface area contributed by atoms with Crippen molar-refractivity contribution in [2.75, 3.05) is 5.32 Å². The number of fused-ring (bicyclic) bond motifs is 1. The fraction of sp³-hybridized carbons (Fsp3) is 0.143. The van der Waals surface area contributed by atoms with E-state index in [1.165, 1.54) is 0 Å². The lowest BCUT2D eigenvalue weighted by Crippen LogP contribution is -2.27. The number of benzene rings is 3. The summed E-state index contributed by atoms with van der Waals surface area (Å²) in [6.45, 7) is 3.81. The molecule has 0 aromatic heterocycles. The van der Waals surface area contributed by atoms with E-state index >= 15 is 0 Å². The minimum absolute atomic E-state index is 0.166. The van der Waals surface area contributed by atoms with E-state index in [4.69, 9.17) is 5.73 Å². The lowest BCUT2D eigenvalue weighted by atomic mass is 9.99. The van der Waals surface area contributed by atoms with Crippen molar-refractivity contribution in [1.29, 1.82) is 0 Å². The molecule has 0 saturated heterocycles. The van der Waals surface area contributed by atoms with Crippen LogP contribution in [-0.4, -0.2) is 11.9 Å². The number of hydrogen-bond acceptors (Lipinski definition) is 2. The van der Waals surface area contributed by atoms with E-state index in [9.17, 15) is 9.59 Å². The first-order chi connectivity index (χ1) is 12.5. The van der Waals surface area contributed by atoms with Crippen molar-refractivity contribution < 1.29 is 9.59 Å². The SMILES string of the molecule is Cc1ccc(NC(N)=O)cc1C(=O)N[C@H](C)c1cccc2ccccc12. The summed E-state index contributed by atoms with van der Waals surface area (Å²) in [6, 6.07) is 18.4. The smallest absolute Gasteiger partial charge is 0.316 e. The van der Waals surface area contributed by atoms with Crippen LogP contribution >= 0.6 is 0 Å². The van der Waals surface area contributed by atoms with Crippen LogP contribution in [0.25, 0.3) is 10.8 Å². The topological polar surface area (TPSA) is 84.2 Å². The molecule has 3 aromatic carbocycles. The van der Waals surface area contributed by atoms with Crippen molar-refractivity contribution in [1.82, 2.24) is 5.32 Å². The van der Waals surface area contributed by atoms with Crippen LogP contribution in [0.4, 0.5) is 10.5 Å². The highest BCUT2D eigenvalue weighted by molar-refractivity contribution is 5.98. The molecule has 5 nitrogen and oxygen atoms in total. The molecular formula is C21H21N3O2. The average Bonchev–Trinajstić information content (AvgIpc) is 2.62. The first-order valence-corrected chi connectivity index (χ1v) is 8.41. The van der Waals surface area contributed by atoms with Crippen molar-refractivity contribution in [3.05, 3.63) is 77.4 Å². The predicted molar refractivity (Wildman–Crippen MR) is 104 cm³/mol. The molecule has 0 aliphatic carbocycles. The second-order valence-corrected chi connectivity index (χ2v) is 6.28. The Kier molecular flexibility index (Phi) is 4.89. The number of hydrogen-bond donors (Lipinski definition) is 3. The Balaban J connectivity index is 1.86. The summed E-state index contributed by atoms with van der Waals surface area (Å²) >= 11 is 0. The van der Waals surface area contributed by atoms with Crippen LogP contribution in [0.15, 0.2) is 60.7 Å². The summed E-state index contributed by atoms with van der Waals surface area (Å²) in [5.74, 6) is -0.198. The number of nitrogens with two attached hydrogens (primary N) is 1. The Morgan fingerprint density at radius 3 is 2.50 bits per heavy atom. The highest BCUT2D eigenvalue weighted by Crippen LogP contribution is 2.25. The molecule has 5 heteroatoms. The van der Waals surface area contributed by atoms with E-state index in [1.807, 2.05) is 38.1 Å². The van der Waals surface area contributed by atoms with E-state index < -0.39 is 6.03 Å². The molecule has 0 heterocycles. The molecule has 26 heavy (non-hydrogen) atoms. The third-order valence-electron chi connectivity index (χ3n) is 4.39. The Bertz CT molecular complexity index is 977. The monoisotopic (exact) mass is 347 g/mol. The molecule has 0 bridgehead atoms. The minimum atomic E-state index is -0.663. The number of amides is 3. The third-order valence-corrected chi connectivity index (χ3v) is 4.39. The molecule has 3 rings (SSSR count). The number of urea groups is 1. The van der Waals surface area contributed by atoms with Gasteiger partial charge in [0.25, 0.3) is 5.91 Å². The van der Waals surface area contributed by atoms with Gasteiger partial charge in [0, 0.05) is 11.3 Å². The molecular weight excluding hydrogens is 326 g/mol. The molecule has 132 valence electrons. The van der Waals surface area contributed by atoms with Crippen LogP contribution in [0.1, 0.15) is 34.5 Å². The first kappa shape index (κ1) is 17.5. The number of anilines is 1. The van der Waals surface area contributed by atoms with Gasteiger partial charge in [0.15, 0.2) is 0 Å². The van der Waals surface area contributed by atoms with Gasteiger partial charge < -0.3 is 16.4 Å². The highest BCUT2D eigenvalue weighted by atomic mass is 16.2. The Labute approximate surface area is 152 Å². The zero-order valence-electron chi connectivity index (χ0n) is 14.7. The summed E-state index contributed by atoms with van der Waals surface area (Å²) in [6.07, 6.45) is 0. The van der Waals surface area contributed by atoms with Gasteiger partial charge >= 0.3 is 6.03 Å².